The van der Waals surface area contributed by atoms with Crippen molar-refractivity contribution in [2.75, 3.05) is 34.5 Å². The Balaban J connectivity index is 1.74. The van der Waals surface area contributed by atoms with Crippen molar-refractivity contribution in [1.29, 1.82) is 0 Å². The van der Waals surface area contributed by atoms with Gasteiger partial charge in [-0.2, -0.15) is 0 Å². The van der Waals surface area contributed by atoms with Gasteiger partial charge in [0.1, 0.15) is 18.1 Å². The van der Waals surface area contributed by atoms with Crippen LogP contribution < -0.4 is 14.2 Å². The van der Waals surface area contributed by atoms with Gasteiger partial charge in [-0.25, -0.2) is 0 Å². The summed E-state index contributed by atoms with van der Waals surface area (Å²) >= 11 is 0. The van der Waals surface area contributed by atoms with Crippen LogP contribution in [0.25, 0.3) is 5.76 Å². The Hall–Kier alpha value is -4.30. The normalized spacial score (nSPS) is 16.5. The van der Waals surface area contributed by atoms with Crippen LogP contribution in [0.3, 0.4) is 0 Å². The highest BCUT2D eigenvalue weighted by molar-refractivity contribution is 6.46. The van der Waals surface area contributed by atoms with Gasteiger partial charge in [0.15, 0.2) is 11.5 Å². The summed E-state index contributed by atoms with van der Waals surface area (Å²) in [5.41, 5.74) is 2.76. The lowest BCUT2D eigenvalue weighted by molar-refractivity contribution is -0.140. The van der Waals surface area contributed by atoms with Crippen LogP contribution in [0, 0.1) is 6.92 Å². The average molecular weight is 518 g/mol. The Bertz CT molecular complexity index is 1350. The monoisotopic (exact) mass is 517 g/mol. The lowest BCUT2D eigenvalue weighted by Crippen LogP contribution is -2.32. The number of ether oxygens (including phenoxy) is 4. The minimum atomic E-state index is -0.835. The molecule has 0 saturated carbocycles. The predicted octanol–water partition coefficient (Wildman–Crippen LogP) is 4.66. The van der Waals surface area contributed by atoms with Gasteiger partial charge in [0.25, 0.3) is 11.7 Å². The molecule has 1 atom stereocenters. The highest BCUT2D eigenvalue weighted by Gasteiger charge is 2.46. The molecule has 1 aliphatic heterocycles. The first-order valence-corrected chi connectivity index (χ1v) is 12.2. The number of ketones is 1. The molecule has 0 aliphatic carbocycles. The van der Waals surface area contributed by atoms with Crippen LogP contribution in [0.5, 0.6) is 17.2 Å². The Kier molecular flexibility index (Phi) is 8.33. The molecule has 1 saturated heterocycles. The molecule has 198 valence electrons. The van der Waals surface area contributed by atoms with E-state index >= 15 is 0 Å². The van der Waals surface area contributed by atoms with E-state index in [9.17, 15) is 14.7 Å². The maximum absolute atomic E-state index is 13.3. The summed E-state index contributed by atoms with van der Waals surface area (Å²) < 4.78 is 21.9. The van der Waals surface area contributed by atoms with E-state index in [-0.39, 0.29) is 24.5 Å². The lowest BCUT2D eigenvalue weighted by Gasteiger charge is -2.25. The van der Waals surface area contributed by atoms with Crippen LogP contribution in [0.15, 0.2) is 72.3 Å². The highest BCUT2D eigenvalue weighted by Crippen LogP contribution is 2.42. The first kappa shape index (κ1) is 26.8. The number of carbonyl (C=O) groups excluding carboxylic acids is 2. The maximum atomic E-state index is 13.3. The van der Waals surface area contributed by atoms with Crippen LogP contribution in [0.1, 0.15) is 28.3 Å². The Morgan fingerprint density at radius 1 is 0.921 bits per heavy atom. The van der Waals surface area contributed by atoms with Crippen molar-refractivity contribution in [3.63, 3.8) is 0 Å². The second-order valence-electron chi connectivity index (χ2n) is 8.85. The summed E-state index contributed by atoms with van der Waals surface area (Å²) in [7, 11) is 4.55. The SMILES string of the molecule is COCCN1C(=O)C(=O)/C(=C(/O)c2ccc(OCc3ccccc3)cc2C)[C@@H]1c1ccc(OC)c(OC)c1. The minimum absolute atomic E-state index is 0.000577. The Labute approximate surface area is 222 Å². The molecule has 1 N–H and O–H groups in total. The molecule has 1 aliphatic rings. The van der Waals surface area contributed by atoms with Crippen molar-refractivity contribution in [3.05, 3.63) is 94.6 Å². The number of Topliss-reactive ketones (excluding diaryl/α,β-unsaturated/α-hetero) is 1. The van der Waals surface area contributed by atoms with Crippen LogP contribution in [-0.4, -0.2) is 56.2 Å². The Morgan fingerprint density at radius 2 is 1.66 bits per heavy atom. The first-order chi connectivity index (χ1) is 18.4. The molecule has 0 bridgehead atoms. The number of amides is 1. The Morgan fingerprint density at radius 3 is 2.32 bits per heavy atom. The molecular weight excluding hydrogens is 486 g/mol. The number of rotatable bonds is 10. The summed E-state index contributed by atoms with van der Waals surface area (Å²) in [6, 6.07) is 19.3. The van der Waals surface area contributed by atoms with E-state index in [4.69, 9.17) is 18.9 Å². The van der Waals surface area contributed by atoms with Crippen LogP contribution in [-0.2, 0) is 20.9 Å². The first-order valence-electron chi connectivity index (χ1n) is 12.2. The van der Waals surface area contributed by atoms with Crippen molar-refractivity contribution in [2.45, 2.75) is 19.6 Å². The quantitative estimate of drug-likeness (QED) is 0.237. The van der Waals surface area contributed by atoms with Gasteiger partial charge < -0.3 is 29.0 Å². The zero-order chi connectivity index (χ0) is 27.2. The van der Waals surface area contributed by atoms with Gasteiger partial charge in [0.05, 0.1) is 32.4 Å². The van der Waals surface area contributed by atoms with E-state index in [1.165, 1.54) is 26.2 Å². The molecule has 8 nitrogen and oxygen atoms in total. The summed E-state index contributed by atoms with van der Waals surface area (Å²) in [5, 5.41) is 11.4. The molecule has 1 fully saturated rings. The van der Waals surface area contributed by atoms with Crippen molar-refractivity contribution in [1.82, 2.24) is 4.90 Å². The number of hydrogen-bond acceptors (Lipinski definition) is 7. The molecular formula is C30H31NO7. The third kappa shape index (κ3) is 5.35. The van der Waals surface area contributed by atoms with Gasteiger partial charge in [-0.3, -0.25) is 9.59 Å². The molecule has 4 rings (SSSR count). The molecule has 1 heterocycles. The van der Waals surface area contributed by atoms with Crippen molar-refractivity contribution >= 4 is 17.4 Å². The number of benzene rings is 3. The lowest BCUT2D eigenvalue weighted by atomic mass is 9.93. The second-order valence-corrected chi connectivity index (χ2v) is 8.85. The van der Waals surface area contributed by atoms with E-state index in [2.05, 4.69) is 0 Å². The maximum Gasteiger partial charge on any atom is 0.295 e. The zero-order valence-corrected chi connectivity index (χ0v) is 21.9. The van der Waals surface area contributed by atoms with Gasteiger partial charge in [-0.15, -0.1) is 0 Å². The summed E-state index contributed by atoms with van der Waals surface area (Å²) in [5.74, 6) is -0.147. The predicted molar refractivity (Wildman–Crippen MR) is 142 cm³/mol. The topological polar surface area (TPSA) is 94.5 Å². The van der Waals surface area contributed by atoms with Crippen LogP contribution >= 0.6 is 0 Å². The average Bonchev–Trinajstić information content (AvgIpc) is 3.19. The van der Waals surface area contributed by atoms with Crippen LogP contribution in [0.4, 0.5) is 0 Å². The fourth-order valence-electron chi connectivity index (χ4n) is 4.55. The third-order valence-electron chi connectivity index (χ3n) is 6.50. The number of hydrogen-bond donors (Lipinski definition) is 1. The van der Waals surface area contributed by atoms with E-state index in [1.54, 1.807) is 36.4 Å². The number of carbonyl (C=O) groups is 2. The van der Waals surface area contributed by atoms with E-state index in [1.807, 2.05) is 37.3 Å². The number of likely N-dealkylation sites (tertiary alicyclic amines) is 1. The van der Waals surface area contributed by atoms with Gasteiger partial charge in [-0.1, -0.05) is 36.4 Å². The summed E-state index contributed by atoms with van der Waals surface area (Å²) in [4.78, 5) is 27.7. The van der Waals surface area contributed by atoms with Gasteiger partial charge >= 0.3 is 0 Å². The molecule has 8 heteroatoms. The molecule has 3 aromatic carbocycles. The van der Waals surface area contributed by atoms with E-state index in [0.29, 0.717) is 40.5 Å². The summed E-state index contributed by atoms with van der Waals surface area (Å²) in [6.45, 7) is 2.61. The highest BCUT2D eigenvalue weighted by atomic mass is 16.5. The van der Waals surface area contributed by atoms with Crippen molar-refractivity contribution in [3.8, 4) is 17.2 Å². The molecule has 0 radical (unpaired) electrons. The summed E-state index contributed by atoms with van der Waals surface area (Å²) in [6.07, 6.45) is 0. The fraction of sp³-hybridized carbons (Fsp3) is 0.267. The van der Waals surface area contributed by atoms with Gasteiger partial charge in [-0.05, 0) is 53.9 Å². The van der Waals surface area contributed by atoms with Crippen molar-refractivity contribution < 1.29 is 33.6 Å². The van der Waals surface area contributed by atoms with Crippen LogP contribution in [0.2, 0.25) is 0 Å². The molecule has 38 heavy (non-hydrogen) atoms. The van der Waals surface area contributed by atoms with E-state index in [0.717, 1.165) is 5.56 Å². The second kappa shape index (κ2) is 11.8. The van der Waals surface area contributed by atoms with Gasteiger partial charge in [0, 0.05) is 19.2 Å². The number of aliphatic hydroxyl groups excluding tert-OH is 1. The molecule has 0 unspecified atom stereocenters. The smallest absolute Gasteiger partial charge is 0.295 e. The molecule has 0 spiro atoms. The van der Waals surface area contributed by atoms with Gasteiger partial charge in [0.2, 0.25) is 0 Å². The number of aliphatic hydroxyl groups is 1. The minimum Gasteiger partial charge on any atom is -0.507 e. The third-order valence-corrected chi connectivity index (χ3v) is 6.50. The molecule has 3 aromatic rings. The molecule has 1 amide bonds. The number of nitrogens with zero attached hydrogens (tertiary/aromatic N) is 1. The standard InChI is InChI=1S/C30H31NO7/c1-19-16-22(38-18-20-8-6-5-7-9-20)11-12-23(19)28(32)26-27(31(14-15-35-2)30(34)29(26)33)21-10-13-24(36-3)25(17-21)37-4/h5-13,16-17,27,32H,14-15,18H2,1-4H3/b28-26+/t27-/m0/s1. The fourth-order valence-corrected chi connectivity index (χ4v) is 4.55. The van der Waals surface area contributed by atoms with Crippen molar-refractivity contribution in [2.24, 2.45) is 0 Å². The zero-order valence-electron chi connectivity index (χ0n) is 21.9. The molecule has 0 aromatic heterocycles. The largest absolute Gasteiger partial charge is 0.507 e. The number of methoxy groups -OCH3 is 3. The van der Waals surface area contributed by atoms with E-state index < -0.39 is 17.7 Å². The number of aryl methyl sites for hydroxylation is 1.